The number of Topliss-reactive ketones (excluding diaryl/α,β-unsaturated/α-hetero) is 1. The highest BCUT2D eigenvalue weighted by atomic mass is 16.5. The van der Waals surface area contributed by atoms with Gasteiger partial charge in [0.15, 0.2) is 17.3 Å². The van der Waals surface area contributed by atoms with Gasteiger partial charge in [-0.05, 0) is 73.7 Å². The van der Waals surface area contributed by atoms with E-state index >= 15 is 0 Å². The maximum absolute atomic E-state index is 14.0. The van der Waals surface area contributed by atoms with E-state index in [4.69, 9.17) is 18.9 Å². The zero-order chi connectivity index (χ0) is 29.8. The Labute approximate surface area is 246 Å². The number of nitrogens with one attached hydrogen (secondary N) is 2. The number of para-hydroxylation sites is 2. The quantitative estimate of drug-likeness (QED) is 0.322. The maximum Gasteiger partial charge on any atom is 0.254 e. The van der Waals surface area contributed by atoms with E-state index in [9.17, 15) is 9.59 Å². The van der Waals surface area contributed by atoms with E-state index in [1.54, 1.807) is 33.5 Å². The molecule has 0 bridgehead atoms. The molecule has 0 saturated heterocycles. The molecule has 5 rings (SSSR count). The van der Waals surface area contributed by atoms with Gasteiger partial charge >= 0.3 is 0 Å². The number of dihydropyridines is 1. The molecule has 8 nitrogen and oxygen atoms in total. The highest BCUT2D eigenvalue weighted by Crippen LogP contribution is 2.47. The van der Waals surface area contributed by atoms with E-state index < -0.39 is 5.92 Å². The first-order chi connectivity index (χ1) is 20.4. The number of ether oxygens (including phenoxy) is 4. The third-order valence-corrected chi connectivity index (χ3v) is 7.83. The second-order valence-electron chi connectivity index (χ2n) is 10.3. The van der Waals surface area contributed by atoms with Crippen LogP contribution in [0.5, 0.6) is 23.0 Å². The first-order valence-corrected chi connectivity index (χ1v) is 14.0. The lowest BCUT2D eigenvalue weighted by molar-refractivity contribution is -0.116. The van der Waals surface area contributed by atoms with Gasteiger partial charge in [-0.25, -0.2) is 0 Å². The van der Waals surface area contributed by atoms with E-state index in [-0.39, 0.29) is 17.6 Å². The van der Waals surface area contributed by atoms with Gasteiger partial charge in [-0.2, -0.15) is 0 Å². The van der Waals surface area contributed by atoms with Gasteiger partial charge in [0.25, 0.3) is 5.91 Å². The van der Waals surface area contributed by atoms with Crippen LogP contribution in [0.25, 0.3) is 0 Å². The molecule has 1 aliphatic heterocycles. The molecule has 3 aromatic rings. The largest absolute Gasteiger partial charge is 0.495 e. The number of carbonyl (C=O) groups excluding carboxylic acids is 2. The number of allylic oxidation sites excluding steroid dienone is 3. The number of carbonyl (C=O) groups is 2. The molecule has 0 radical (unpaired) electrons. The molecule has 42 heavy (non-hydrogen) atoms. The Balaban J connectivity index is 1.55. The van der Waals surface area contributed by atoms with Crippen LogP contribution in [0.4, 0.5) is 5.69 Å². The second-order valence-corrected chi connectivity index (χ2v) is 10.3. The van der Waals surface area contributed by atoms with Crippen molar-refractivity contribution in [2.24, 2.45) is 0 Å². The van der Waals surface area contributed by atoms with Crippen LogP contribution in [0.1, 0.15) is 49.7 Å². The van der Waals surface area contributed by atoms with Crippen molar-refractivity contribution < 1.29 is 28.5 Å². The zero-order valence-corrected chi connectivity index (χ0v) is 24.6. The summed E-state index contributed by atoms with van der Waals surface area (Å²) in [6, 6.07) is 20.7. The molecule has 2 N–H and O–H groups in total. The predicted molar refractivity (Wildman–Crippen MR) is 161 cm³/mol. The summed E-state index contributed by atoms with van der Waals surface area (Å²) in [4.78, 5) is 28.0. The highest BCUT2D eigenvalue weighted by Gasteiger charge is 2.41. The van der Waals surface area contributed by atoms with Crippen LogP contribution in [-0.4, -0.2) is 39.6 Å². The molecule has 0 spiro atoms. The molecule has 8 heteroatoms. The number of anilines is 1. The Kier molecular flexibility index (Phi) is 8.52. The molecule has 1 amide bonds. The highest BCUT2D eigenvalue weighted by molar-refractivity contribution is 6.10. The Morgan fingerprint density at radius 3 is 2.26 bits per heavy atom. The lowest BCUT2D eigenvalue weighted by Crippen LogP contribution is -2.37. The molecule has 2 atom stereocenters. The first kappa shape index (κ1) is 28.8. The van der Waals surface area contributed by atoms with Crippen LogP contribution >= 0.6 is 0 Å². The summed E-state index contributed by atoms with van der Waals surface area (Å²) in [6.45, 7) is 4.36. The minimum Gasteiger partial charge on any atom is -0.495 e. The lowest BCUT2D eigenvalue weighted by atomic mass is 9.71. The summed E-state index contributed by atoms with van der Waals surface area (Å²) in [5.74, 6) is 1.64. The minimum atomic E-state index is -0.550. The SMILES string of the molecule is CCOc1ccc(C2C(C(=O)Nc3ccccc3OC)=C(C)NC3=C2C(=O)CC(c2ccc(OC)c(OC)c2)C3)cc1. The Hall–Kier alpha value is -4.72. The van der Waals surface area contributed by atoms with Gasteiger partial charge in [0, 0.05) is 34.9 Å². The Morgan fingerprint density at radius 2 is 1.57 bits per heavy atom. The van der Waals surface area contributed by atoms with Gasteiger partial charge in [-0.3, -0.25) is 9.59 Å². The minimum absolute atomic E-state index is 0.00230. The fourth-order valence-corrected chi connectivity index (χ4v) is 5.88. The van der Waals surface area contributed by atoms with Crippen molar-refractivity contribution in [2.45, 2.75) is 38.5 Å². The Morgan fingerprint density at radius 1 is 0.881 bits per heavy atom. The molecule has 2 unspecified atom stereocenters. The summed E-state index contributed by atoms with van der Waals surface area (Å²) < 4.78 is 22.0. The predicted octanol–water partition coefficient (Wildman–Crippen LogP) is 6.11. The van der Waals surface area contributed by atoms with Crippen LogP contribution in [0.2, 0.25) is 0 Å². The van der Waals surface area contributed by atoms with Gasteiger partial charge in [-0.1, -0.05) is 30.3 Å². The van der Waals surface area contributed by atoms with E-state index in [1.165, 1.54) is 0 Å². The van der Waals surface area contributed by atoms with Crippen LogP contribution in [0.3, 0.4) is 0 Å². The number of methoxy groups -OCH3 is 3. The normalized spacial score (nSPS) is 18.2. The topological polar surface area (TPSA) is 95.1 Å². The smallest absolute Gasteiger partial charge is 0.254 e. The molecule has 218 valence electrons. The average molecular weight is 569 g/mol. The van der Waals surface area contributed by atoms with Crippen molar-refractivity contribution in [1.29, 1.82) is 0 Å². The number of amides is 1. The molecular formula is C34H36N2O6. The second kappa shape index (κ2) is 12.4. The third-order valence-electron chi connectivity index (χ3n) is 7.83. The van der Waals surface area contributed by atoms with Crippen LogP contribution in [0, 0.1) is 0 Å². The molecule has 2 aliphatic rings. The molecule has 3 aromatic carbocycles. The number of ketones is 1. The number of hydrogen-bond acceptors (Lipinski definition) is 7. The number of rotatable bonds is 9. The molecule has 1 aliphatic carbocycles. The van der Waals surface area contributed by atoms with Crippen LogP contribution in [0.15, 0.2) is 89.3 Å². The van der Waals surface area contributed by atoms with Gasteiger partial charge in [0.1, 0.15) is 11.5 Å². The standard InChI is InChI=1S/C34H36N2O6/c1-6-42-24-14-11-21(12-15-24)32-31(34(38)36-25-9-7-8-10-28(25)39-3)20(2)35-26-17-23(18-27(37)33(26)32)22-13-16-29(40-4)30(19-22)41-5/h7-16,19,23,32,35H,6,17-18H2,1-5H3,(H,36,38). The first-order valence-electron chi connectivity index (χ1n) is 14.0. The monoisotopic (exact) mass is 568 g/mol. The van der Waals surface area contributed by atoms with Gasteiger partial charge in [0.2, 0.25) is 0 Å². The summed E-state index contributed by atoms with van der Waals surface area (Å²) >= 11 is 0. The zero-order valence-electron chi connectivity index (χ0n) is 24.6. The van der Waals surface area contributed by atoms with Gasteiger partial charge in [0.05, 0.1) is 33.6 Å². The number of hydrogen-bond donors (Lipinski definition) is 2. The third kappa shape index (κ3) is 5.57. The molecule has 0 saturated carbocycles. The fraction of sp³-hybridized carbons (Fsp3) is 0.294. The number of benzene rings is 3. The summed E-state index contributed by atoms with van der Waals surface area (Å²) in [5, 5.41) is 6.46. The molecular weight excluding hydrogens is 532 g/mol. The summed E-state index contributed by atoms with van der Waals surface area (Å²) in [5.41, 5.74) is 5.02. The average Bonchev–Trinajstić information content (AvgIpc) is 3.00. The van der Waals surface area contributed by atoms with E-state index in [0.29, 0.717) is 59.2 Å². The van der Waals surface area contributed by atoms with Gasteiger partial charge < -0.3 is 29.6 Å². The van der Waals surface area contributed by atoms with Crippen molar-refractivity contribution in [3.63, 3.8) is 0 Å². The van der Waals surface area contributed by atoms with Crippen LogP contribution in [-0.2, 0) is 9.59 Å². The molecule has 0 aromatic heterocycles. The van der Waals surface area contributed by atoms with E-state index in [1.807, 2.05) is 68.4 Å². The lowest BCUT2D eigenvalue weighted by Gasteiger charge is -2.37. The van der Waals surface area contributed by atoms with Crippen molar-refractivity contribution in [3.05, 3.63) is 100 Å². The van der Waals surface area contributed by atoms with Crippen molar-refractivity contribution in [2.75, 3.05) is 33.3 Å². The van der Waals surface area contributed by atoms with Crippen molar-refractivity contribution >= 4 is 17.4 Å². The summed E-state index contributed by atoms with van der Waals surface area (Å²) in [6.07, 6.45) is 0.923. The molecule has 1 heterocycles. The van der Waals surface area contributed by atoms with E-state index in [0.717, 1.165) is 22.6 Å². The van der Waals surface area contributed by atoms with Crippen molar-refractivity contribution in [1.82, 2.24) is 5.32 Å². The van der Waals surface area contributed by atoms with Gasteiger partial charge in [-0.15, -0.1) is 0 Å². The van der Waals surface area contributed by atoms with Crippen molar-refractivity contribution in [3.8, 4) is 23.0 Å². The van der Waals surface area contributed by atoms with Crippen LogP contribution < -0.4 is 29.6 Å². The fourth-order valence-electron chi connectivity index (χ4n) is 5.88. The Bertz CT molecular complexity index is 1560. The molecule has 0 fully saturated rings. The summed E-state index contributed by atoms with van der Waals surface area (Å²) in [7, 11) is 4.76. The maximum atomic E-state index is 14.0. The van der Waals surface area contributed by atoms with E-state index in [2.05, 4.69) is 10.6 Å².